The number of aryl methyl sites for hydroxylation is 2. The summed E-state index contributed by atoms with van der Waals surface area (Å²) >= 11 is 3.66. The highest BCUT2D eigenvalue weighted by atomic mass is 79.9. The van der Waals surface area contributed by atoms with E-state index >= 15 is 0 Å². The van der Waals surface area contributed by atoms with E-state index in [1.807, 2.05) is 39.8 Å². The summed E-state index contributed by atoms with van der Waals surface area (Å²) in [5, 5.41) is 10.5. The minimum absolute atomic E-state index is 0.895. The highest BCUT2D eigenvalue weighted by Crippen LogP contribution is 2.26. The normalized spacial score (nSPS) is 11.4. The Balaban J connectivity index is 1.59. The predicted molar refractivity (Wildman–Crippen MR) is 115 cm³/mol. The van der Waals surface area contributed by atoms with Gasteiger partial charge in [-0.15, -0.1) is 5.10 Å². The first-order valence-electron chi connectivity index (χ1n) is 9.06. The van der Waals surface area contributed by atoms with Gasteiger partial charge in [-0.2, -0.15) is 5.10 Å². The van der Waals surface area contributed by atoms with Gasteiger partial charge in [0.2, 0.25) is 0 Å². The lowest BCUT2D eigenvalue weighted by molar-refractivity contribution is 0.818. The lowest BCUT2D eigenvalue weighted by atomic mass is 10.2. The Morgan fingerprint density at radius 1 is 0.786 bits per heavy atom. The van der Waals surface area contributed by atoms with Crippen molar-refractivity contribution in [3.63, 3.8) is 0 Å². The standard InChI is InChI=1S/C22H18BrN5/c1-15-8-9-16(2)26(15)22-13-21(23)28(25-22)19-10-11-20-17(12-19)14-24-27(20)18-6-4-3-5-7-18/h3-14H,1-2H3. The molecule has 0 fully saturated rings. The molecule has 6 heteroatoms. The van der Waals surface area contributed by atoms with Crippen molar-refractivity contribution < 1.29 is 0 Å². The predicted octanol–water partition coefficient (Wildman–Crippen LogP) is 5.38. The van der Waals surface area contributed by atoms with Crippen molar-refractivity contribution in [1.29, 1.82) is 0 Å². The molecule has 138 valence electrons. The molecular formula is C22H18BrN5. The molecular weight excluding hydrogens is 414 g/mol. The largest absolute Gasteiger partial charge is 0.302 e. The summed E-state index contributed by atoms with van der Waals surface area (Å²) in [5.41, 5.74) is 5.42. The van der Waals surface area contributed by atoms with Crippen LogP contribution in [0.1, 0.15) is 11.4 Å². The number of nitrogens with zero attached hydrogens (tertiary/aromatic N) is 5. The maximum Gasteiger partial charge on any atom is 0.160 e. The van der Waals surface area contributed by atoms with Crippen molar-refractivity contribution in [2.45, 2.75) is 13.8 Å². The van der Waals surface area contributed by atoms with Crippen LogP contribution in [0.5, 0.6) is 0 Å². The van der Waals surface area contributed by atoms with Crippen LogP contribution in [0.2, 0.25) is 0 Å². The summed E-state index contributed by atoms with van der Waals surface area (Å²) in [7, 11) is 0. The van der Waals surface area contributed by atoms with Crippen molar-refractivity contribution >= 4 is 26.8 Å². The third kappa shape index (κ3) is 2.68. The van der Waals surface area contributed by atoms with E-state index in [2.05, 4.69) is 81.9 Å². The average molecular weight is 432 g/mol. The van der Waals surface area contributed by atoms with E-state index in [9.17, 15) is 0 Å². The number of rotatable bonds is 3. The van der Waals surface area contributed by atoms with Crippen LogP contribution < -0.4 is 0 Å². The van der Waals surface area contributed by atoms with Crippen LogP contribution in [0.3, 0.4) is 0 Å². The van der Waals surface area contributed by atoms with Crippen molar-refractivity contribution in [1.82, 2.24) is 24.1 Å². The molecule has 28 heavy (non-hydrogen) atoms. The van der Waals surface area contributed by atoms with Gasteiger partial charge in [-0.3, -0.25) is 0 Å². The van der Waals surface area contributed by atoms with Gasteiger partial charge in [0.05, 0.1) is 23.1 Å². The first-order valence-corrected chi connectivity index (χ1v) is 9.85. The Labute approximate surface area is 171 Å². The fraction of sp³-hybridized carbons (Fsp3) is 0.0909. The van der Waals surface area contributed by atoms with E-state index in [-0.39, 0.29) is 0 Å². The van der Waals surface area contributed by atoms with Crippen molar-refractivity contribution in [3.8, 4) is 17.2 Å². The molecule has 5 rings (SSSR count). The van der Waals surface area contributed by atoms with Crippen LogP contribution in [0.25, 0.3) is 28.1 Å². The molecule has 0 unspecified atom stereocenters. The maximum atomic E-state index is 4.82. The van der Waals surface area contributed by atoms with Gasteiger partial charge in [-0.05, 0) is 72.2 Å². The van der Waals surface area contributed by atoms with Crippen LogP contribution >= 0.6 is 15.9 Å². The van der Waals surface area contributed by atoms with Crippen LogP contribution in [-0.2, 0) is 0 Å². The molecule has 0 N–H and O–H groups in total. The molecule has 3 aromatic heterocycles. The Morgan fingerprint density at radius 3 is 2.29 bits per heavy atom. The lowest BCUT2D eigenvalue weighted by Crippen LogP contribution is -2.02. The SMILES string of the molecule is Cc1ccc(C)n1-c1cc(Br)n(-c2ccc3c(cnn3-c3ccccc3)c2)n1. The van der Waals surface area contributed by atoms with Gasteiger partial charge < -0.3 is 4.57 Å². The van der Waals surface area contributed by atoms with Gasteiger partial charge in [0.1, 0.15) is 4.60 Å². The third-order valence-electron chi connectivity index (χ3n) is 4.95. The molecule has 5 aromatic rings. The van der Waals surface area contributed by atoms with Gasteiger partial charge in [0, 0.05) is 22.8 Å². The van der Waals surface area contributed by atoms with Crippen LogP contribution in [0, 0.1) is 13.8 Å². The van der Waals surface area contributed by atoms with Gasteiger partial charge in [-0.1, -0.05) is 18.2 Å². The average Bonchev–Trinajstić information content (AvgIpc) is 3.39. The number of hydrogen-bond acceptors (Lipinski definition) is 2. The monoisotopic (exact) mass is 431 g/mol. The number of para-hydroxylation sites is 1. The van der Waals surface area contributed by atoms with Crippen LogP contribution in [0.15, 0.2) is 77.5 Å². The summed E-state index contributed by atoms with van der Waals surface area (Å²) in [6, 6.07) is 22.7. The van der Waals surface area contributed by atoms with Gasteiger partial charge in [-0.25, -0.2) is 9.36 Å². The van der Waals surface area contributed by atoms with E-state index in [1.165, 1.54) is 0 Å². The van der Waals surface area contributed by atoms with Gasteiger partial charge >= 0.3 is 0 Å². The molecule has 0 aliphatic heterocycles. The molecule has 0 saturated heterocycles. The van der Waals surface area contributed by atoms with Gasteiger partial charge in [0.15, 0.2) is 5.82 Å². The molecule has 0 radical (unpaired) electrons. The molecule has 0 aliphatic rings. The third-order valence-corrected chi connectivity index (χ3v) is 5.52. The molecule has 2 aromatic carbocycles. The summed E-state index contributed by atoms with van der Waals surface area (Å²) in [4.78, 5) is 0. The molecule has 0 atom stereocenters. The number of fused-ring (bicyclic) bond motifs is 1. The highest BCUT2D eigenvalue weighted by Gasteiger charge is 2.13. The quantitative estimate of drug-likeness (QED) is 0.384. The van der Waals surface area contributed by atoms with Crippen molar-refractivity contribution in [2.75, 3.05) is 0 Å². The molecule has 0 amide bonds. The molecule has 0 saturated carbocycles. The van der Waals surface area contributed by atoms with Crippen molar-refractivity contribution in [3.05, 3.63) is 88.9 Å². The maximum absolute atomic E-state index is 4.82. The Bertz CT molecular complexity index is 1270. The lowest BCUT2D eigenvalue weighted by Gasteiger charge is -2.07. The molecule has 0 bridgehead atoms. The van der Waals surface area contributed by atoms with Crippen molar-refractivity contribution in [2.24, 2.45) is 0 Å². The fourth-order valence-corrected chi connectivity index (χ4v) is 4.08. The van der Waals surface area contributed by atoms with E-state index in [1.54, 1.807) is 0 Å². The van der Waals surface area contributed by atoms with Gasteiger partial charge in [0.25, 0.3) is 0 Å². The zero-order chi connectivity index (χ0) is 19.3. The highest BCUT2D eigenvalue weighted by molar-refractivity contribution is 9.10. The first kappa shape index (κ1) is 17.0. The smallest absolute Gasteiger partial charge is 0.160 e. The fourth-order valence-electron chi connectivity index (χ4n) is 3.59. The second-order valence-electron chi connectivity index (χ2n) is 6.82. The Hall–Kier alpha value is -3.12. The van der Waals surface area contributed by atoms with E-state index < -0.39 is 0 Å². The number of benzene rings is 2. The zero-order valence-electron chi connectivity index (χ0n) is 15.5. The number of aromatic nitrogens is 5. The molecule has 0 spiro atoms. The minimum atomic E-state index is 0.895. The number of halogens is 1. The summed E-state index contributed by atoms with van der Waals surface area (Å²) in [5.74, 6) is 0.895. The van der Waals surface area contributed by atoms with Crippen LogP contribution in [0.4, 0.5) is 0 Å². The topological polar surface area (TPSA) is 40.6 Å². The van der Waals surface area contributed by atoms with Crippen LogP contribution in [-0.4, -0.2) is 24.1 Å². The molecule has 5 nitrogen and oxygen atoms in total. The van der Waals surface area contributed by atoms with E-state index in [0.29, 0.717) is 0 Å². The Morgan fingerprint density at radius 2 is 1.54 bits per heavy atom. The summed E-state index contributed by atoms with van der Waals surface area (Å²) in [6.07, 6.45) is 1.89. The van der Waals surface area contributed by atoms with E-state index in [4.69, 9.17) is 5.10 Å². The number of hydrogen-bond donors (Lipinski definition) is 0. The molecule has 3 heterocycles. The summed E-state index contributed by atoms with van der Waals surface area (Å²) in [6.45, 7) is 4.17. The van der Waals surface area contributed by atoms with E-state index in [0.717, 1.165) is 44.1 Å². The molecule has 0 aliphatic carbocycles. The first-order chi connectivity index (χ1) is 13.6. The summed E-state index contributed by atoms with van der Waals surface area (Å²) < 4.78 is 6.92. The zero-order valence-corrected chi connectivity index (χ0v) is 17.1. The second-order valence-corrected chi connectivity index (χ2v) is 7.64. The second kappa shape index (κ2) is 6.49. The minimum Gasteiger partial charge on any atom is -0.302 e. The Kier molecular flexibility index (Phi) is 3.94.